The van der Waals surface area contributed by atoms with Gasteiger partial charge in [0.05, 0.1) is 6.04 Å². The SMILES string of the molecule is Fc1ccc(C2NNCC2CN2CCC(Nc3ncccn3)CC2)cc1. The van der Waals surface area contributed by atoms with Gasteiger partial charge in [0.15, 0.2) is 0 Å². The predicted octanol–water partition coefficient (Wildman–Crippen LogP) is 1.96. The van der Waals surface area contributed by atoms with Crippen molar-refractivity contribution >= 4 is 5.95 Å². The Bertz CT molecular complexity index is 687. The first kappa shape index (κ1) is 17.3. The van der Waals surface area contributed by atoms with Crippen LogP contribution in [0.15, 0.2) is 42.7 Å². The molecule has 3 N–H and O–H groups in total. The van der Waals surface area contributed by atoms with Crippen molar-refractivity contribution < 1.29 is 4.39 Å². The Hall–Kier alpha value is -2.09. The molecule has 2 fully saturated rings. The number of nitrogens with zero attached hydrogens (tertiary/aromatic N) is 3. The Morgan fingerprint density at radius 1 is 1.12 bits per heavy atom. The van der Waals surface area contributed by atoms with E-state index in [4.69, 9.17) is 0 Å². The van der Waals surface area contributed by atoms with Crippen LogP contribution in [-0.2, 0) is 0 Å². The molecule has 2 aliphatic rings. The van der Waals surface area contributed by atoms with E-state index in [9.17, 15) is 4.39 Å². The van der Waals surface area contributed by atoms with E-state index in [2.05, 4.69) is 31.0 Å². The number of likely N-dealkylation sites (tertiary alicyclic amines) is 1. The van der Waals surface area contributed by atoms with Crippen LogP contribution in [0.2, 0.25) is 0 Å². The van der Waals surface area contributed by atoms with Gasteiger partial charge >= 0.3 is 0 Å². The third-order valence-corrected chi connectivity index (χ3v) is 5.30. The van der Waals surface area contributed by atoms with Crippen LogP contribution in [0.3, 0.4) is 0 Å². The minimum atomic E-state index is -0.187. The fraction of sp³-hybridized carbons (Fsp3) is 0.474. The van der Waals surface area contributed by atoms with Crippen molar-refractivity contribution in [2.24, 2.45) is 5.92 Å². The van der Waals surface area contributed by atoms with Crippen LogP contribution >= 0.6 is 0 Å². The van der Waals surface area contributed by atoms with Gasteiger partial charge in [-0.15, -0.1) is 0 Å². The van der Waals surface area contributed by atoms with E-state index in [0.717, 1.165) is 44.6 Å². The highest BCUT2D eigenvalue weighted by atomic mass is 19.1. The van der Waals surface area contributed by atoms with Gasteiger partial charge < -0.3 is 10.2 Å². The molecule has 2 aliphatic heterocycles. The molecule has 0 aliphatic carbocycles. The maximum Gasteiger partial charge on any atom is 0.222 e. The average molecular weight is 356 g/mol. The molecule has 0 spiro atoms. The molecule has 7 heteroatoms. The Morgan fingerprint density at radius 2 is 1.85 bits per heavy atom. The van der Waals surface area contributed by atoms with Gasteiger partial charge in [-0.1, -0.05) is 12.1 Å². The lowest BCUT2D eigenvalue weighted by Gasteiger charge is -2.34. The topological polar surface area (TPSA) is 65.1 Å². The van der Waals surface area contributed by atoms with Gasteiger partial charge in [0.25, 0.3) is 0 Å². The maximum absolute atomic E-state index is 13.2. The molecule has 0 radical (unpaired) electrons. The maximum atomic E-state index is 13.2. The quantitative estimate of drug-likeness (QED) is 0.761. The number of hydrogen-bond donors (Lipinski definition) is 3. The first-order chi connectivity index (χ1) is 12.8. The first-order valence-electron chi connectivity index (χ1n) is 9.28. The second-order valence-corrected chi connectivity index (χ2v) is 7.11. The molecule has 26 heavy (non-hydrogen) atoms. The van der Waals surface area contributed by atoms with Gasteiger partial charge in [-0.3, -0.25) is 5.43 Å². The monoisotopic (exact) mass is 356 g/mol. The van der Waals surface area contributed by atoms with Crippen molar-refractivity contribution in [3.05, 3.63) is 54.1 Å². The van der Waals surface area contributed by atoms with Gasteiger partial charge in [0.1, 0.15) is 5.82 Å². The highest BCUT2D eigenvalue weighted by Crippen LogP contribution is 2.27. The van der Waals surface area contributed by atoms with E-state index in [1.807, 2.05) is 18.2 Å². The van der Waals surface area contributed by atoms with E-state index < -0.39 is 0 Å². The van der Waals surface area contributed by atoms with Gasteiger partial charge in [-0.2, -0.15) is 0 Å². The lowest BCUT2D eigenvalue weighted by atomic mass is 9.93. The third kappa shape index (κ3) is 4.17. The fourth-order valence-corrected chi connectivity index (χ4v) is 3.88. The number of rotatable bonds is 5. The van der Waals surface area contributed by atoms with Crippen molar-refractivity contribution in [1.82, 2.24) is 25.7 Å². The summed E-state index contributed by atoms with van der Waals surface area (Å²) in [5.41, 5.74) is 7.75. The molecule has 4 rings (SSSR count). The zero-order valence-corrected chi connectivity index (χ0v) is 14.7. The van der Waals surface area contributed by atoms with Crippen LogP contribution in [0.5, 0.6) is 0 Å². The number of hydrazine groups is 1. The zero-order chi connectivity index (χ0) is 17.8. The van der Waals surface area contributed by atoms with Gasteiger partial charge in [0.2, 0.25) is 5.95 Å². The Labute approximate surface area is 153 Å². The minimum Gasteiger partial charge on any atom is -0.351 e. The molecule has 0 amide bonds. The van der Waals surface area contributed by atoms with E-state index >= 15 is 0 Å². The molecule has 138 valence electrons. The smallest absolute Gasteiger partial charge is 0.222 e. The summed E-state index contributed by atoms with van der Waals surface area (Å²) in [6.07, 6.45) is 5.71. The number of aromatic nitrogens is 2. The summed E-state index contributed by atoms with van der Waals surface area (Å²) in [5, 5.41) is 3.43. The largest absolute Gasteiger partial charge is 0.351 e. The van der Waals surface area contributed by atoms with E-state index in [1.54, 1.807) is 12.4 Å². The standard InChI is InChI=1S/C19H25FN6/c20-16-4-2-14(3-5-16)18-15(12-23-25-18)13-26-10-6-17(7-11-26)24-19-21-8-1-9-22-19/h1-5,8-9,15,17-18,23,25H,6-7,10-13H2,(H,21,22,24). The molecule has 2 aromatic rings. The molecular weight excluding hydrogens is 331 g/mol. The molecule has 3 heterocycles. The molecular formula is C19H25FN6. The number of hydrogen-bond acceptors (Lipinski definition) is 6. The van der Waals surface area contributed by atoms with Crippen LogP contribution in [0.25, 0.3) is 0 Å². The second-order valence-electron chi connectivity index (χ2n) is 7.11. The van der Waals surface area contributed by atoms with Gasteiger partial charge in [-0.05, 0) is 36.6 Å². The van der Waals surface area contributed by atoms with Gasteiger partial charge in [0, 0.05) is 50.5 Å². The predicted molar refractivity (Wildman–Crippen MR) is 98.9 cm³/mol. The van der Waals surface area contributed by atoms with Gasteiger partial charge in [-0.25, -0.2) is 19.8 Å². The summed E-state index contributed by atoms with van der Waals surface area (Å²) in [6, 6.07) is 9.32. The third-order valence-electron chi connectivity index (χ3n) is 5.30. The molecule has 2 atom stereocenters. The Balaban J connectivity index is 1.29. The Morgan fingerprint density at radius 3 is 2.58 bits per heavy atom. The van der Waals surface area contributed by atoms with Crippen LogP contribution in [0.4, 0.5) is 10.3 Å². The minimum absolute atomic E-state index is 0.187. The molecule has 2 saturated heterocycles. The van der Waals surface area contributed by atoms with Crippen molar-refractivity contribution in [2.45, 2.75) is 24.9 Å². The van der Waals surface area contributed by atoms with Crippen LogP contribution < -0.4 is 16.2 Å². The van der Waals surface area contributed by atoms with Crippen LogP contribution in [-0.4, -0.2) is 47.1 Å². The van der Waals surface area contributed by atoms with E-state index in [0.29, 0.717) is 17.9 Å². The number of nitrogens with one attached hydrogen (secondary N) is 3. The second kappa shape index (κ2) is 8.07. The molecule has 1 aromatic heterocycles. The number of anilines is 1. The summed E-state index contributed by atoms with van der Waals surface area (Å²) in [7, 11) is 0. The summed E-state index contributed by atoms with van der Waals surface area (Å²) in [5.74, 6) is 1.00. The zero-order valence-electron chi connectivity index (χ0n) is 14.7. The van der Waals surface area contributed by atoms with E-state index in [-0.39, 0.29) is 11.9 Å². The highest BCUT2D eigenvalue weighted by Gasteiger charge is 2.31. The van der Waals surface area contributed by atoms with Crippen molar-refractivity contribution in [3.8, 4) is 0 Å². The average Bonchev–Trinajstić information content (AvgIpc) is 3.13. The molecule has 2 unspecified atom stereocenters. The molecule has 1 aromatic carbocycles. The van der Waals surface area contributed by atoms with E-state index in [1.165, 1.54) is 12.1 Å². The molecule has 0 saturated carbocycles. The van der Waals surface area contributed by atoms with Crippen molar-refractivity contribution in [1.29, 1.82) is 0 Å². The lowest BCUT2D eigenvalue weighted by molar-refractivity contribution is 0.185. The normalized spacial score (nSPS) is 24.7. The number of piperidine rings is 1. The highest BCUT2D eigenvalue weighted by molar-refractivity contribution is 5.24. The number of benzene rings is 1. The summed E-state index contributed by atoms with van der Waals surface area (Å²) in [6.45, 7) is 4.10. The number of halogens is 1. The van der Waals surface area contributed by atoms with Crippen molar-refractivity contribution in [2.75, 3.05) is 31.5 Å². The summed E-state index contributed by atoms with van der Waals surface area (Å²) >= 11 is 0. The first-order valence-corrected chi connectivity index (χ1v) is 9.28. The van der Waals surface area contributed by atoms with Crippen LogP contribution in [0, 0.1) is 11.7 Å². The summed E-state index contributed by atoms with van der Waals surface area (Å²) in [4.78, 5) is 11.0. The summed E-state index contributed by atoms with van der Waals surface area (Å²) < 4.78 is 13.2. The fourth-order valence-electron chi connectivity index (χ4n) is 3.88. The lowest BCUT2D eigenvalue weighted by Crippen LogP contribution is -2.42. The Kier molecular flexibility index (Phi) is 5.38. The van der Waals surface area contributed by atoms with Crippen molar-refractivity contribution in [3.63, 3.8) is 0 Å². The molecule has 0 bridgehead atoms. The molecule has 6 nitrogen and oxygen atoms in total. The van der Waals surface area contributed by atoms with Crippen LogP contribution in [0.1, 0.15) is 24.4 Å².